The van der Waals surface area contributed by atoms with Crippen molar-refractivity contribution >= 4 is 25.0 Å². The van der Waals surface area contributed by atoms with E-state index in [0.29, 0.717) is 6.42 Å². The van der Waals surface area contributed by atoms with E-state index in [9.17, 15) is 4.79 Å². The Morgan fingerprint density at radius 1 is 0.800 bits per heavy atom. The molecule has 156 valence electrons. The molecule has 0 aliphatic carbocycles. The Kier molecular flexibility index (Phi) is 7.41. The van der Waals surface area contributed by atoms with Crippen LogP contribution in [-0.2, 0) is 15.6 Å². The van der Waals surface area contributed by atoms with Crippen LogP contribution in [0.3, 0.4) is 0 Å². The summed E-state index contributed by atoms with van der Waals surface area (Å²) in [6.45, 7) is 6.82. The zero-order valence-electron chi connectivity index (χ0n) is 18.3. The highest BCUT2D eigenvalue weighted by molar-refractivity contribution is 6.99. The summed E-state index contributed by atoms with van der Waals surface area (Å²) in [5.41, 5.74) is 1.28. The molecule has 0 aliphatic rings. The van der Waals surface area contributed by atoms with Crippen molar-refractivity contribution < 1.29 is 9.22 Å². The Balaban J connectivity index is 2.02. The van der Waals surface area contributed by atoms with Gasteiger partial charge in [-0.15, -0.1) is 0 Å². The van der Waals surface area contributed by atoms with E-state index in [1.807, 2.05) is 6.07 Å². The largest absolute Gasteiger partial charge is 0.404 e. The lowest BCUT2D eigenvalue weighted by molar-refractivity contribution is -0.109. The molecule has 0 aliphatic heterocycles. The van der Waals surface area contributed by atoms with Crippen molar-refractivity contribution in [3.05, 3.63) is 96.6 Å². The molecule has 0 bridgehead atoms. The van der Waals surface area contributed by atoms with E-state index in [1.54, 1.807) is 0 Å². The van der Waals surface area contributed by atoms with Crippen LogP contribution in [0.1, 0.15) is 39.2 Å². The van der Waals surface area contributed by atoms with Crippen LogP contribution in [0, 0.1) is 0 Å². The molecular formula is C27H32O2Si. The number of carbonyl (C=O) groups is 1. The summed E-state index contributed by atoms with van der Waals surface area (Å²) in [4.78, 5) is 11.6. The van der Waals surface area contributed by atoms with E-state index in [1.165, 1.54) is 15.9 Å². The maximum atomic E-state index is 11.6. The van der Waals surface area contributed by atoms with Gasteiger partial charge in [-0.3, -0.25) is 0 Å². The summed E-state index contributed by atoms with van der Waals surface area (Å²) in [6.07, 6.45) is 3.03. The number of rotatable bonds is 9. The molecule has 0 N–H and O–H groups in total. The molecule has 0 spiro atoms. The van der Waals surface area contributed by atoms with Crippen molar-refractivity contribution in [2.75, 3.05) is 0 Å². The normalized spacial score (nSPS) is 13.0. The Morgan fingerprint density at radius 2 is 1.27 bits per heavy atom. The van der Waals surface area contributed by atoms with Crippen LogP contribution in [-0.4, -0.2) is 20.7 Å². The van der Waals surface area contributed by atoms with E-state index in [4.69, 9.17) is 4.43 Å². The lowest BCUT2D eigenvalue weighted by Crippen LogP contribution is -2.67. The second-order valence-electron chi connectivity index (χ2n) is 8.83. The van der Waals surface area contributed by atoms with Gasteiger partial charge in [0.2, 0.25) is 0 Å². The maximum absolute atomic E-state index is 11.6. The van der Waals surface area contributed by atoms with Crippen LogP contribution in [0.4, 0.5) is 0 Å². The third kappa shape index (κ3) is 4.97. The van der Waals surface area contributed by atoms with Crippen LogP contribution < -0.4 is 10.4 Å². The fraction of sp³-hybridized carbons (Fsp3) is 0.296. The average molecular weight is 417 g/mol. The van der Waals surface area contributed by atoms with Crippen molar-refractivity contribution in [1.82, 2.24) is 0 Å². The van der Waals surface area contributed by atoms with Gasteiger partial charge < -0.3 is 9.22 Å². The minimum atomic E-state index is -2.65. The van der Waals surface area contributed by atoms with Crippen LogP contribution in [0.25, 0.3) is 0 Å². The lowest BCUT2D eigenvalue weighted by Gasteiger charge is -2.45. The third-order valence-electron chi connectivity index (χ3n) is 5.72. The predicted octanol–water partition coefficient (Wildman–Crippen LogP) is 5.15. The van der Waals surface area contributed by atoms with Gasteiger partial charge in [0.1, 0.15) is 6.29 Å². The Hall–Kier alpha value is -2.49. The van der Waals surface area contributed by atoms with Gasteiger partial charge in [0.05, 0.1) is 6.10 Å². The minimum Gasteiger partial charge on any atom is -0.404 e. The van der Waals surface area contributed by atoms with Crippen molar-refractivity contribution in [2.24, 2.45) is 0 Å². The maximum Gasteiger partial charge on any atom is 0.261 e. The number of hydrogen-bond donors (Lipinski definition) is 0. The first kappa shape index (κ1) is 22.2. The highest BCUT2D eigenvalue weighted by Crippen LogP contribution is 2.38. The zero-order valence-corrected chi connectivity index (χ0v) is 19.3. The summed E-state index contributed by atoms with van der Waals surface area (Å²) < 4.78 is 7.14. The van der Waals surface area contributed by atoms with E-state index in [0.717, 1.165) is 19.1 Å². The van der Waals surface area contributed by atoms with Crippen LogP contribution in [0.5, 0.6) is 0 Å². The minimum absolute atomic E-state index is 0.0937. The fourth-order valence-electron chi connectivity index (χ4n) is 4.25. The molecule has 3 heteroatoms. The van der Waals surface area contributed by atoms with Crippen molar-refractivity contribution in [1.29, 1.82) is 0 Å². The molecule has 1 atom stereocenters. The number of benzene rings is 3. The highest BCUT2D eigenvalue weighted by Gasteiger charge is 2.51. The molecule has 30 heavy (non-hydrogen) atoms. The molecule has 0 amide bonds. The van der Waals surface area contributed by atoms with Gasteiger partial charge >= 0.3 is 0 Å². The Morgan fingerprint density at radius 3 is 1.70 bits per heavy atom. The van der Waals surface area contributed by atoms with Crippen LogP contribution in [0.15, 0.2) is 91.0 Å². The first-order valence-corrected chi connectivity index (χ1v) is 12.6. The number of carbonyl (C=O) groups excluding carboxylic acids is 1. The molecule has 0 saturated carbocycles. The molecule has 2 nitrogen and oxygen atoms in total. The van der Waals surface area contributed by atoms with E-state index in [2.05, 4.69) is 106 Å². The fourth-order valence-corrected chi connectivity index (χ4v) is 8.97. The standard InChI is InChI=1S/C27H32O2Si/c1-27(2,3)30(25-15-9-5-10-16-25,26-17-11-6-12-18-26)29-24(21-22-28)20-19-23-13-7-4-8-14-23/h4-18,22,24H,19-21H2,1-3H3/t24-/m0/s1. The van der Waals surface area contributed by atoms with E-state index < -0.39 is 8.32 Å². The molecule has 0 aromatic heterocycles. The lowest BCUT2D eigenvalue weighted by atomic mass is 10.1. The first-order valence-electron chi connectivity index (χ1n) is 10.7. The van der Waals surface area contributed by atoms with Crippen LogP contribution in [0.2, 0.25) is 5.04 Å². The molecule has 3 aromatic carbocycles. The number of aldehydes is 1. The SMILES string of the molecule is CC(C)(C)[Si](O[C@H](CC=O)CCc1ccccc1)(c1ccccc1)c1ccccc1. The predicted molar refractivity (Wildman–Crippen MR) is 128 cm³/mol. The molecule has 3 aromatic rings. The smallest absolute Gasteiger partial charge is 0.261 e. The molecule has 0 heterocycles. The van der Waals surface area contributed by atoms with Gasteiger partial charge in [-0.1, -0.05) is 112 Å². The summed E-state index contributed by atoms with van der Waals surface area (Å²) >= 11 is 0. The topological polar surface area (TPSA) is 26.3 Å². The van der Waals surface area contributed by atoms with Crippen LogP contribution >= 0.6 is 0 Å². The quantitative estimate of drug-likeness (QED) is 0.356. The van der Waals surface area contributed by atoms with Gasteiger partial charge in [-0.05, 0) is 33.8 Å². The number of hydrogen-bond acceptors (Lipinski definition) is 2. The van der Waals surface area contributed by atoms with Gasteiger partial charge in [0.15, 0.2) is 0 Å². The zero-order chi connectivity index (χ0) is 21.5. The monoisotopic (exact) mass is 416 g/mol. The highest BCUT2D eigenvalue weighted by atomic mass is 28.4. The van der Waals surface area contributed by atoms with Crippen molar-refractivity contribution in [3.63, 3.8) is 0 Å². The summed E-state index contributed by atoms with van der Waals surface area (Å²) in [5, 5.41) is 2.41. The second-order valence-corrected chi connectivity index (χ2v) is 13.1. The molecule has 0 radical (unpaired) electrons. The van der Waals surface area contributed by atoms with Gasteiger partial charge in [0, 0.05) is 6.42 Å². The molecule has 0 unspecified atom stereocenters. The van der Waals surface area contributed by atoms with Gasteiger partial charge in [-0.2, -0.15) is 0 Å². The van der Waals surface area contributed by atoms with E-state index >= 15 is 0 Å². The summed E-state index contributed by atoms with van der Waals surface area (Å²) in [6, 6.07) is 31.7. The number of aryl methyl sites for hydroxylation is 1. The van der Waals surface area contributed by atoms with Gasteiger partial charge in [0.25, 0.3) is 8.32 Å². The van der Waals surface area contributed by atoms with E-state index in [-0.39, 0.29) is 11.1 Å². The Bertz CT molecular complexity index is 862. The molecular weight excluding hydrogens is 384 g/mol. The molecule has 0 fully saturated rings. The third-order valence-corrected chi connectivity index (χ3v) is 10.8. The summed E-state index contributed by atoms with van der Waals surface area (Å²) in [7, 11) is -2.65. The second kappa shape index (κ2) is 10.0. The average Bonchev–Trinajstić information content (AvgIpc) is 2.77. The first-order chi connectivity index (χ1) is 14.5. The van der Waals surface area contributed by atoms with Crippen molar-refractivity contribution in [3.8, 4) is 0 Å². The molecule has 3 rings (SSSR count). The van der Waals surface area contributed by atoms with Gasteiger partial charge in [-0.25, -0.2) is 0 Å². The van der Waals surface area contributed by atoms with Crippen molar-refractivity contribution in [2.45, 2.75) is 51.2 Å². The molecule has 0 saturated heterocycles. The summed E-state index contributed by atoms with van der Waals surface area (Å²) in [5.74, 6) is 0. The Labute approximate surface area is 182 Å².